The summed E-state index contributed by atoms with van der Waals surface area (Å²) in [5, 5.41) is 0. The molecule has 0 aromatic rings. The van der Waals surface area contributed by atoms with E-state index in [1.807, 2.05) is 6.92 Å². The van der Waals surface area contributed by atoms with E-state index in [1.165, 1.54) is 20.8 Å². The molecule has 98 valence electrons. The molecule has 0 amide bonds. The Morgan fingerprint density at radius 2 is 1.29 bits per heavy atom. The third-order valence-corrected chi connectivity index (χ3v) is 1.76. The van der Waals surface area contributed by atoms with Gasteiger partial charge in [0.1, 0.15) is 0 Å². The van der Waals surface area contributed by atoms with Gasteiger partial charge in [-0.1, -0.05) is 13.3 Å². The van der Waals surface area contributed by atoms with E-state index in [4.69, 9.17) is 14.2 Å². The van der Waals surface area contributed by atoms with E-state index in [1.54, 1.807) is 0 Å². The molecule has 0 spiro atoms. The molecular formula is C11H18O6. The maximum atomic E-state index is 10.9. The highest BCUT2D eigenvalue weighted by Crippen LogP contribution is 2.13. The van der Waals surface area contributed by atoms with Gasteiger partial charge in [-0.25, -0.2) is 0 Å². The first-order chi connectivity index (χ1) is 7.86. The smallest absolute Gasteiger partial charge is 0.305 e. The van der Waals surface area contributed by atoms with E-state index in [0.29, 0.717) is 12.8 Å². The molecule has 0 aliphatic rings. The Morgan fingerprint density at radius 3 is 1.59 bits per heavy atom. The quantitative estimate of drug-likeness (QED) is 0.517. The van der Waals surface area contributed by atoms with Crippen molar-refractivity contribution >= 4 is 17.9 Å². The Hall–Kier alpha value is -1.59. The maximum absolute atomic E-state index is 10.9. The van der Waals surface area contributed by atoms with E-state index >= 15 is 0 Å². The van der Waals surface area contributed by atoms with Crippen LogP contribution in [0.3, 0.4) is 0 Å². The van der Waals surface area contributed by atoms with Gasteiger partial charge in [-0.15, -0.1) is 0 Å². The highest BCUT2D eigenvalue weighted by atomic mass is 16.7. The molecule has 0 aliphatic carbocycles. The molecule has 0 N–H and O–H groups in total. The third kappa shape index (κ3) is 7.32. The van der Waals surface area contributed by atoms with Gasteiger partial charge < -0.3 is 14.2 Å². The maximum Gasteiger partial charge on any atom is 0.305 e. The first-order valence-electron chi connectivity index (χ1n) is 5.38. The molecule has 0 aromatic carbocycles. The van der Waals surface area contributed by atoms with Crippen LogP contribution in [0.4, 0.5) is 0 Å². The molecule has 1 unspecified atom stereocenters. The fourth-order valence-electron chi connectivity index (χ4n) is 1.25. The van der Waals surface area contributed by atoms with Gasteiger partial charge in [0.25, 0.3) is 6.29 Å². The summed E-state index contributed by atoms with van der Waals surface area (Å²) >= 11 is 0. The number of ether oxygens (including phenoxy) is 3. The molecule has 17 heavy (non-hydrogen) atoms. The summed E-state index contributed by atoms with van der Waals surface area (Å²) in [7, 11) is 0. The molecular weight excluding hydrogens is 228 g/mol. The molecule has 0 saturated carbocycles. The summed E-state index contributed by atoms with van der Waals surface area (Å²) < 4.78 is 14.6. The second-order valence-corrected chi connectivity index (χ2v) is 3.52. The number of esters is 3. The van der Waals surface area contributed by atoms with E-state index in [9.17, 15) is 14.4 Å². The molecule has 0 saturated heterocycles. The zero-order chi connectivity index (χ0) is 13.4. The van der Waals surface area contributed by atoms with E-state index in [-0.39, 0.29) is 0 Å². The van der Waals surface area contributed by atoms with Crippen LogP contribution in [0.1, 0.15) is 40.5 Å². The SMILES string of the molecule is CCCC(OC(C)=O)C(OC(C)=O)OC(C)=O. The van der Waals surface area contributed by atoms with Gasteiger partial charge in [-0.05, 0) is 6.42 Å². The van der Waals surface area contributed by atoms with Crippen molar-refractivity contribution < 1.29 is 28.6 Å². The van der Waals surface area contributed by atoms with E-state index in [0.717, 1.165) is 0 Å². The lowest BCUT2D eigenvalue weighted by atomic mass is 10.2. The van der Waals surface area contributed by atoms with E-state index < -0.39 is 30.3 Å². The number of carbonyl (C=O) groups excluding carboxylic acids is 3. The molecule has 0 aliphatic heterocycles. The van der Waals surface area contributed by atoms with Gasteiger partial charge in [-0.2, -0.15) is 0 Å². The van der Waals surface area contributed by atoms with Gasteiger partial charge in [0.15, 0.2) is 6.10 Å². The summed E-state index contributed by atoms with van der Waals surface area (Å²) in [6, 6.07) is 0. The molecule has 0 bridgehead atoms. The lowest BCUT2D eigenvalue weighted by Gasteiger charge is -2.25. The van der Waals surface area contributed by atoms with Crippen LogP contribution in [0, 0.1) is 0 Å². The third-order valence-electron chi connectivity index (χ3n) is 1.76. The highest BCUT2D eigenvalue weighted by Gasteiger charge is 2.29. The fourth-order valence-corrected chi connectivity index (χ4v) is 1.25. The molecule has 0 fully saturated rings. The van der Waals surface area contributed by atoms with Crippen molar-refractivity contribution in [3.63, 3.8) is 0 Å². The molecule has 0 rings (SSSR count). The van der Waals surface area contributed by atoms with Gasteiger partial charge in [0.05, 0.1) is 0 Å². The van der Waals surface area contributed by atoms with Crippen molar-refractivity contribution in [2.75, 3.05) is 0 Å². The largest absolute Gasteiger partial charge is 0.455 e. The second-order valence-electron chi connectivity index (χ2n) is 3.52. The summed E-state index contributed by atoms with van der Waals surface area (Å²) in [5.41, 5.74) is 0. The normalized spacial score (nSPS) is 11.8. The van der Waals surface area contributed by atoms with Crippen LogP contribution in [0.15, 0.2) is 0 Å². The van der Waals surface area contributed by atoms with Crippen molar-refractivity contribution in [1.29, 1.82) is 0 Å². The van der Waals surface area contributed by atoms with Crippen molar-refractivity contribution in [3.05, 3.63) is 0 Å². The standard InChI is InChI=1S/C11H18O6/c1-5-6-10(15-7(2)12)11(16-8(3)13)17-9(4)14/h10-11H,5-6H2,1-4H3. The summed E-state index contributed by atoms with van der Waals surface area (Å²) in [4.78, 5) is 32.7. The minimum Gasteiger partial charge on any atom is -0.455 e. The van der Waals surface area contributed by atoms with Gasteiger partial charge >= 0.3 is 17.9 Å². The Morgan fingerprint density at radius 1 is 0.882 bits per heavy atom. The molecule has 0 radical (unpaired) electrons. The van der Waals surface area contributed by atoms with Crippen molar-refractivity contribution in [2.24, 2.45) is 0 Å². The Kier molecular flexibility index (Phi) is 6.93. The zero-order valence-electron chi connectivity index (χ0n) is 10.5. The molecule has 1 atom stereocenters. The predicted molar refractivity (Wildman–Crippen MR) is 57.8 cm³/mol. The molecule has 6 heteroatoms. The topological polar surface area (TPSA) is 78.9 Å². The first kappa shape index (κ1) is 15.4. The van der Waals surface area contributed by atoms with Gasteiger partial charge in [0, 0.05) is 20.8 Å². The zero-order valence-corrected chi connectivity index (χ0v) is 10.5. The average Bonchev–Trinajstić information content (AvgIpc) is 2.13. The summed E-state index contributed by atoms with van der Waals surface area (Å²) in [5.74, 6) is -1.73. The predicted octanol–water partition coefficient (Wildman–Crippen LogP) is 1.17. The molecule has 6 nitrogen and oxygen atoms in total. The van der Waals surface area contributed by atoms with Crippen molar-refractivity contribution in [1.82, 2.24) is 0 Å². The highest BCUT2D eigenvalue weighted by molar-refractivity contribution is 5.69. The lowest BCUT2D eigenvalue weighted by molar-refractivity contribution is -0.212. The molecule has 0 aromatic heterocycles. The van der Waals surface area contributed by atoms with Crippen molar-refractivity contribution in [3.8, 4) is 0 Å². The van der Waals surface area contributed by atoms with Crippen LogP contribution < -0.4 is 0 Å². The Bertz CT molecular complexity index is 270. The number of hydrogen-bond donors (Lipinski definition) is 0. The van der Waals surface area contributed by atoms with E-state index in [2.05, 4.69) is 0 Å². The lowest BCUT2D eigenvalue weighted by Crippen LogP contribution is -2.37. The second kappa shape index (κ2) is 7.65. The van der Waals surface area contributed by atoms with Gasteiger partial charge in [0.2, 0.25) is 0 Å². The number of hydrogen-bond acceptors (Lipinski definition) is 6. The summed E-state index contributed by atoms with van der Waals surface area (Å²) in [6.45, 7) is 5.48. The van der Waals surface area contributed by atoms with Crippen molar-refractivity contribution in [2.45, 2.75) is 52.9 Å². The first-order valence-corrected chi connectivity index (χ1v) is 5.38. The van der Waals surface area contributed by atoms with Crippen LogP contribution in [0.25, 0.3) is 0 Å². The minimum atomic E-state index is -1.19. The number of rotatable bonds is 6. The minimum absolute atomic E-state index is 0.435. The van der Waals surface area contributed by atoms with Crippen LogP contribution in [0.2, 0.25) is 0 Å². The summed E-state index contributed by atoms with van der Waals surface area (Å²) in [6.07, 6.45) is -0.832. The number of carbonyl (C=O) groups is 3. The molecule has 0 heterocycles. The monoisotopic (exact) mass is 246 g/mol. The average molecular weight is 246 g/mol. The van der Waals surface area contributed by atoms with Crippen LogP contribution in [0.5, 0.6) is 0 Å². The fraction of sp³-hybridized carbons (Fsp3) is 0.727. The van der Waals surface area contributed by atoms with Crippen LogP contribution in [-0.2, 0) is 28.6 Å². The Balaban J connectivity index is 4.70. The Labute approximate surface area is 100 Å². The van der Waals surface area contributed by atoms with Gasteiger partial charge in [-0.3, -0.25) is 14.4 Å². The van der Waals surface area contributed by atoms with Crippen LogP contribution in [-0.4, -0.2) is 30.3 Å². The van der Waals surface area contributed by atoms with Crippen LogP contribution >= 0.6 is 0 Å².